The molecule has 1 N–H and O–H groups in total. The van der Waals surface area contributed by atoms with Crippen LogP contribution in [0, 0.1) is 0 Å². The van der Waals surface area contributed by atoms with Crippen LogP contribution in [-0.4, -0.2) is 20.5 Å². The number of H-pyrrole nitrogens is 1. The van der Waals surface area contributed by atoms with Crippen LogP contribution in [0.3, 0.4) is 0 Å². The molecule has 6 heteroatoms. The second kappa shape index (κ2) is 5.39. The first-order valence-electron chi connectivity index (χ1n) is 7.44. The maximum Gasteiger partial charge on any atom is 0.308 e. The summed E-state index contributed by atoms with van der Waals surface area (Å²) in [6.45, 7) is 1.39. The van der Waals surface area contributed by atoms with Crippen molar-refractivity contribution in [1.29, 1.82) is 0 Å². The van der Waals surface area contributed by atoms with Gasteiger partial charge in [-0.2, -0.15) is 0 Å². The number of nitrogens with one attached hydrogen (secondary N) is 1. The van der Waals surface area contributed by atoms with Crippen LogP contribution in [0.15, 0.2) is 42.7 Å². The topological polar surface area (TPSA) is 59.9 Å². The van der Waals surface area contributed by atoms with Gasteiger partial charge in [0.15, 0.2) is 0 Å². The highest BCUT2D eigenvalue weighted by Crippen LogP contribution is 2.34. The van der Waals surface area contributed by atoms with Crippen LogP contribution in [0.5, 0.6) is 5.75 Å². The van der Waals surface area contributed by atoms with Crippen molar-refractivity contribution in [2.45, 2.75) is 6.92 Å². The summed E-state index contributed by atoms with van der Waals surface area (Å²) in [5, 5.41) is 2.52. The van der Waals surface area contributed by atoms with Gasteiger partial charge >= 0.3 is 5.97 Å². The minimum Gasteiger partial charge on any atom is -0.427 e. The van der Waals surface area contributed by atoms with Gasteiger partial charge in [-0.15, -0.1) is 0 Å². The molecule has 1 aromatic carbocycles. The van der Waals surface area contributed by atoms with E-state index in [1.54, 1.807) is 18.3 Å². The number of esters is 1. The van der Waals surface area contributed by atoms with Gasteiger partial charge in [-0.3, -0.25) is 4.79 Å². The Morgan fingerprint density at radius 2 is 2.08 bits per heavy atom. The van der Waals surface area contributed by atoms with E-state index in [1.165, 1.54) is 6.92 Å². The van der Waals surface area contributed by atoms with E-state index in [1.807, 2.05) is 36.0 Å². The lowest BCUT2D eigenvalue weighted by molar-refractivity contribution is -0.131. The normalized spacial score (nSPS) is 11.3. The zero-order valence-corrected chi connectivity index (χ0v) is 13.9. The molecule has 0 amide bonds. The Morgan fingerprint density at radius 3 is 2.83 bits per heavy atom. The van der Waals surface area contributed by atoms with Gasteiger partial charge in [-0.1, -0.05) is 11.6 Å². The van der Waals surface area contributed by atoms with Crippen molar-refractivity contribution < 1.29 is 9.53 Å². The number of pyridine rings is 1. The van der Waals surface area contributed by atoms with Crippen LogP contribution in [0.25, 0.3) is 33.2 Å². The summed E-state index contributed by atoms with van der Waals surface area (Å²) in [6, 6.07) is 9.34. The molecule has 5 nitrogen and oxygen atoms in total. The third-order valence-electron chi connectivity index (χ3n) is 3.99. The fourth-order valence-electron chi connectivity index (χ4n) is 2.95. The van der Waals surface area contributed by atoms with Crippen LogP contribution in [0.4, 0.5) is 0 Å². The van der Waals surface area contributed by atoms with E-state index in [0.29, 0.717) is 10.8 Å². The van der Waals surface area contributed by atoms with Gasteiger partial charge in [0.25, 0.3) is 0 Å². The summed E-state index contributed by atoms with van der Waals surface area (Å²) in [7, 11) is 1.98. The zero-order valence-electron chi connectivity index (χ0n) is 13.1. The lowest BCUT2D eigenvalue weighted by Gasteiger charge is -2.02. The number of nitrogens with zero attached hydrogens (tertiary/aromatic N) is 2. The third kappa shape index (κ3) is 2.34. The summed E-state index contributed by atoms with van der Waals surface area (Å²) in [5.74, 6) is 0.183. The summed E-state index contributed by atoms with van der Waals surface area (Å²) in [4.78, 5) is 18.8. The van der Waals surface area contributed by atoms with Crippen molar-refractivity contribution in [2.75, 3.05) is 0 Å². The molecule has 120 valence electrons. The van der Waals surface area contributed by atoms with Gasteiger partial charge < -0.3 is 14.3 Å². The number of aromatic nitrogens is 3. The maximum atomic E-state index is 11.2. The monoisotopic (exact) mass is 339 g/mol. The minimum absolute atomic E-state index is 0.339. The van der Waals surface area contributed by atoms with Gasteiger partial charge in [-0.25, -0.2) is 4.98 Å². The molecule has 0 aliphatic carbocycles. The molecule has 0 aliphatic heterocycles. The Morgan fingerprint density at radius 1 is 1.25 bits per heavy atom. The van der Waals surface area contributed by atoms with E-state index < -0.39 is 0 Å². The van der Waals surface area contributed by atoms with E-state index in [0.717, 1.165) is 33.2 Å². The Bertz CT molecular complexity index is 1090. The molecule has 24 heavy (non-hydrogen) atoms. The standard InChI is InChI=1S/C18H14ClN3O2/c1-10(23)24-11-3-4-17-12(7-11)14(9-22(17)2)16-8-13-15(19)5-6-20-18(13)21-16/h3-9H,1-2H3,(H,20,21). The van der Waals surface area contributed by atoms with Crippen molar-refractivity contribution in [2.24, 2.45) is 7.05 Å². The molecule has 0 unspecified atom stereocenters. The van der Waals surface area contributed by atoms with E-state index in [2.05, 4.69) is 9.97 Å². The number of fused-ring (bicyclic) bond motifs is 2. The van der Waals surface area contributed by atoms with Crippen molar-refractivity contribution in [3.05, 3.63) is 47.7 Å². The van der Waals surface area contributed by atoms with Crippen LogP contribution in [0.2, 0.25) is 5.02 Å². The van der Waals surface area contributed by atoms with Gasteiger partial charge in [0.05, 0.1) is 5.02 Å². The zero-order chi connectivity index (χ0) is 16.8. The SMILES string of the molecule is CC(=O)Oc1ccc2c(c1)c(-c1cc3c(Cl)ccnc3[nH]1)cn2C. The van der Waals surface area contributed by atoms with Crippen LogP contribution >= 0.6 is 11.6 Å². The summed E-state index contributed by atoms with van der Waals surface area (Å²) in [5.41, 5.74) is 3.69. The maximum absolute atomic E-state index is 11.2. The lowest BCUT2D eigenvalue weighted by atomic mass is 10.1. The Balaban J connectivity index is 1.94. The predicted octanol–water partition coefficient (Wildman–Crippen LogP) is 4.30. The number of hydrogen-bond donors (Lipinski definition) is 1. The summed E-state index contributed by atoms with van der Waals surface area (Å²) in [6.07, 6.45) is 3.70. The molecule has 4 rings (SSSR count). The first-order valence-corrected chi connectivity index (χ1v) is 7.82. The smallest absolute Gasteiger partial charge is 0.308 e. The molecule has 4 aromatic rings. The molecule has 0 saturated heterocycles. The fraction of sp³-hybridized carbons (Fsp3) is 0.111. The highest BCUT2D eigenvalue weighted by Gasteiger charge is 2.14. The van der Waals surface area contributed by atoms with Crippen LogP contribution < -0.4 is 4.74 Å². The van der Waals surface area contributed by atoms with E-state index in [9.17, 15) is 4.79 Å². The number of carbonyl (C=O) groups is 1. The third-order valence-corrected chi connectivity index (χ3v) is 4.32. The van der Waals surface area contributed by atoms with Gasteiger partial charge in [0.2, 0.25) is 0 Å². The van der Waals surface area contributed by atoms with Crippen molar-refractivity contribution >= 4 is 39.5 Å². The number of ether oxygens (including phenoxy) is 1. The number of carbonyl (C=O) groups excluding carboxylic acids is 1. The largest absolute Gasteiger partial charge is 0.427 e. The fourth-order valence-corrected chi connectivity index (χ4v) is 3.16. The number of hydrogen-bond acceptors (Lipinski definition) is 3. The molecule has 0 fully saturated rings. The van der Waals surface area contributed by atoms with E-state index in [-0.39, 0.29) is 5.97 Å². The molecule has 0 saturated carbocycles. The van der Waals surface area contributed by atoms with Gasteiger partial charge in [-0.05, 0) is 30.3 Å². The first-order chi connectivity index (χ1) is 11.5. The first kappa shape index (κ1) is 14.8. The minimum atomic E-state index is -0.339. The lowest BCUT2D eigenvalue weighted by Crippen LogP contribution is -2.00. The number of aromatic amines is 1. The molecule has 3 heterocycles. The average molecular weight is 340 g/mol. The molecule has 0 atom stereocenters. The molecular formula is C18H14ClN3O2. The van der Waals surface area contributed by atoms with Crippen molar-refractivity contribution in [1.82, 2.24) is 14.5 Å². The van der Waals surface area contributed by atoms with Crippen LogP contribution in [-0.2, 0) is 11.8 Å². The predicted molar refractivity (Wildman–Crippen MR) is 94.3 cm³/mol. The summed E-state index contributed by atoms with van der Waals surface area (Å²) < 4.78 is 7.24. The van der Waals surface area contributed by atoms with Crippen molar-refractivity contribution in [3.63, 3.8) is 0 Å². The highest BCUT2D eigenvalue weighted by molar-refractivity contribution is 6.35. The number of rotatable bonds is 2. The molecule has 3 aromatic heterocycles. The van der Waals surface area contributed by atoms with Crippen LogP contribution in [0.1, 0.15) is 6.92 Å². The highest BCUT2D eigenvalue weighted by atomic mass is 35.5. The Labute approximate surface area is 142 Å². The number of aryl methyl sites for hydroxylation is 1. The average Bonchev–Trinajstić information content (AvgIpc) is 3.09. The van der Waals surface area contributed by atoms with Gasteiger partial charge in [0.1, 0.15) is 11.4 Å². The van der Waals surface area contributed by atoms with E-state index >= 15 is 0 Å². The molecular weight excluding hydrogens is 326 g/mol. The second-order valence-electron chi connectivity index (χ2n) is 5.66. The molecule has 0 radical (unpaired) electrons. The number of halogens is 1. The Kier molecular flexibility index (Phi) is 3.32. The molecule has 0 bridgehead atoms. The number of benzene rings is 1. The second-order valence-corrected chi connectivity index (χ2v) is 6.07. The molecule has 0 spiro atoms. The quantitative estimate of drug-likeness (QED) is 0.437. The van der Waals surface area contributed by atoms with E-state index in [4.69, 9.17) is 16.3 Å². The van der Waals surface area contributed by atoms with Crippen molar-refractivity contribution in [3.8, 4) is 17.0 Å². The Hall–Kier alpha value is -2.79. The summed E-state index contributed by atoms with van der Waals surface area (Å²) >= 11 is 6.24. The molecule has 0 aliphatic rings. The van der Waals surface area contributed by atoms with Gasteiger partial charge in [0, 0.05) is 53.9 Å².